The standard InChI is InChI=1S/C26H27N3O3/c1-17(2)18-7-10-20(11-8-18)26-28-25(32-29-26)14-13-24(31)27-16-23(30)22-12-9-19-5-3-4-6-21(19)15-22/h3-12,15,17,23,30H,13-14,16H2,1-2H3,(H,27,31). The van der Waals surface area contributed by atoms with Gasteiger partial charge in [-0.25, -0.2) is 0 Å². The Balaban J connectivity index is 1.27. The molecule has 6 heteroatoms. The molecule has 2 N–H and O–H groups in total. The lowest BCUT2D eigenvalue weighted by molar-refractivity contribution is -0.121. The molecule has 0 spiro atoms. The Kier molecular flexibility index (Phi) is 6.61. The molecule has 3 aromatic carbocycles. The number of benzene rings is 3. The highest BCUT2D eigenvalue weighted by Crippen LogP contribution is 2.21. The number of carbonyl (C=O) groups is 1. The number of amides is 1. The van der Waals surface area contributed by atoms with E-state index in [1.807, 2.05) is 54.6 Å². The van der Waals surface area contributed by atoms with Gasteiger partial charge in [0, 0.05) is 24.9 Å². The number of fused-ring (bicyclic) bond motifs is 1. The van der Waals surface area contributed by atoms with Crippen LogP contribution in [-0.2, 0) is 11.2 Å². The fourth-order valence-corrected chi connectivity index (χ4v) is 3.54. The number of aromatic nitrogens is 2. The van der Waals surface area contributed by atoms with E-state index < -0.39 is 6.10 Å². The summed E-state index contributed by atoms with van der Waals surface area (Å²) in [5, 5.41) is 19.4. The topological polar surface area (TPSA) is 88.2 Å². The normalized spacial score (nSPS) is 12.2. The summed E-state index contributed by atoms with van der Waals surface area (Å²) in [6, 6.07) is 21.8. The second kappa shape index (κ2) is 9.75. The van der Waals surface area contributed by atoms with E-state index in [-0.39, 0.29) is 18.9 Å². The van der Waals surface area contributed by atoms with Crippen LogP contribution in [0.2, 0.25) is 0 Å². The molecule has 0 bridgehead atoms. The number of aryl methyl sites for hydroxylation is 1. The van der Waals surface area contributed by atoms with Gasteiger partial charge in [-0.1, -0.05) is 79.7 Å². The van der Waals surface area contributed by atoms with E-state index in [9.17, 15) is 9.90 Å². The fraction of sp³-hybridized carbons (Fsp3) is 0.269. The largest absolute Gasteiger partial charge is 0.387 e. The van der Waals surface area contributed by atoms with Crippen LogP contribution in [-0.4, -0.2) is 27.7 Å². The molecule has 1 unspecified atom stereocenters. The zero-order valence-corrected chi connectivity index (χ0v) is 18.3. The average molecular weight is 430 g/mol. The van der Waals surface area contributed by atoms with Crippen molar-refractivity contribution in [3.63, 3.8) is 0 Å². The van der Waals surface area contributed by atoms with Crippen molar-refractivity contribution < 1.29 is 14.4 Å². The summed E-state index contributed by atoms with van der Waals surface area (Å²) in [6.45, 7) is 4.44. The molecule has 1 heterocycles. The van der Waals surface area contributed by atoms with Crippen molar-refractivity contribution in [3.05, 3.63) is 83.7 Å². The van der Waals surface area contributed by atoms with Gasteiger partial charge in [0.15, 0.2) is 0 Å². The highest BCUT2D eigenvalue weighted by atomic mass is 16.5. The molecule has 0 aliphatic heterocycles. The zero-order chi connectivity index (χ0) is 22.5. The quantitative estimate of drug-likeness (QED) is 0.420. The second-order valence-corrected chi connectivity index (χ2v) is 8.21. The minimum Gasteiger partial charge on any atom is -0.387 e. The van der Waals surface area contributed by atoms with Gasteiger partial charge in [0.1, 0.15) is 0 Å². The number of hydrogen-bond acceptors (Lipinski definition) is 5. The lowest BCUT2D eigenvalue weighted by Crippen LogP contribution is -2.28. The molecule has 0 saturated carbocycles. The number of aliphatic hydroxyl groups is 1. The summed E-state index contributed by atoms with van der Waals surface area (Å²) in [7, 11) is 0. The van der Waals surface area contributed by atoms with Crippen LogP contribution in [0.1, 0.15) is 49.3 Å². The van der Waals surface area contributed by atoms with Gasteiger partial charge >= 0.3 is 0 Å². The van der Waals surface area contributed by atoms with Crippen LogP contribution in [0.25, 0.3) is 22.2 Å². The van der Waals surface area contributed by atoms with Gasteiger partial charge < -0.3 is 14.9 Å². The minimum absolute atomic E-state index is 0.147. The molecule has 1 atom stereocenters. The van der Waals surface area contributed by atoms with Crippen LogP contribution >= 0.6 is 0 Å². The molecule has 0 aliphatic carbocycles. The van der Waals surface area contributed by atoms with Crippen molar-refractivity contribution in [2.45, 2.75) is 38.7 Å². The smallest absolute Gasteiger partial charge is 0.227 e. The predicted octanol–water partition coefficient (Wildman–Crippen LogP) is 4.80. The van der Waals surface area contributed by atoms with Crippen LogP contribution in [0.5, 0.6) is 0 Å². The summed E-state index contributed by atoms with van der Waals surface area (Å²) in [6.07, 6.45) is -0.222. The van der Waals surface area contributed by atoms with E-state index in [1.165, 1.54) is 5.56 Å². The monoisotopic (exact) mass is 429 g/mol. The van der Waals surface area contributed by atoms with E-state index in [4.69, 9.17) is 4.52 Å². The van der Waals surface area contributed by atoms with Gasteiger partial charge in [-0.05, 0) is 33.9 Å². The van der Waals surface area contributed by atoms with Crippen LogP contribution in [0.15, 0.2) is 71.3 Å². The first kappa shape index (κ1) is 21.7. The Bertz CT molecular complexity index is 1200. The van der Waals surface area contributed by atoms with Crippen molar-refractivity contribution in [3.8, 4) is 11.4 Å². The van der Waals surface area contributed by atoms with Crippen molar-refractivity contribution in [1.82, 2.24) is 15.5 Å². The van der Waals surface area contributed by atoms with Gasteiger partial charge in [0.2, 0.25) is 17.6 Å². The van der Waals surface area contributed by atoms with Crippen LogP contribution in [0.3, 0.4) is 0 Å². The van der Waals surface area contributed by atoms with Crippen LogP contribution in [0.4, 0.5) is 0 Å². The Morgan fingerprint density at radius 3 is 2.47 bits per heavy atom. The predicted molar refractivity (Wildman–Crippen MR) is 124 cm³/mol. The van der Waals surface area contributed by atoms with Gasteiger partial charge in [0.05, 0.1) is 6.10 Å². The van der Waals surface area contributed by atoms with Gasteiger partial charge in [-0.3, -0.25) is 4.79 Å². The summed E-state index contributed by atoms with van der Waals surface area (Å²) in [5.74, 6) is 1.22. The summed E-state index contributed by atoms with van der Waals surface area (Å²) < 4.78 is 5.29. The minimum atomic E-state index is -0.771. The van der Waals surface area contributed by atoms with Crippen molar-refractivity contribution >= 4 is 16.7 Å². The molecule has 0 saturated heterocycles. The molecule has 1 aromatic heterocycles. The maximum absolute atomic E-state index is 12.2. The molecule has 1 amide bonds. The molecular formula is C26H27N3O3. The Morgan fingerprint density at radius 2 is 1.72 bits per heavy atom. The molecule has 0 aliphatic rings. The van der Waals surface area contributed by atoms with E-state index in [1.54, 1.807) is 0 Å². The van der Waals surface area contributed by atoms with Crippen molar-refractivity contribution in [2.24, 2.45) is 0 Å². The Morgan fingerprint density at radius 1 is 1.00 bits per heavy atom. The summed E-state index contributed by atoms with van der Waals surface area (Å²) >= 11 is 0. The maximum Gasteiger partial charge on any atom is 0.227 e. The summed E-state index contributed by atoms with van der Waals surface area (Å²) in [4.78, 5) is 16.6. The Labute approximate surface area is 187 Å². The molecule has 4 aromatic rings. The first-order chi connectivity index (χ1) is 15.5. The zero-order valence-electron chi connectivity index (χ0n) is 18.3. The number of aliphatic hydroxyl groups excluding tert-OH is 1. The number of nitrogens with one attached hydrogen (secondary N) is 1. The molecule has 164 valence electrons. The highest BCUT2D eigenvalue weighted by molar-refractivity contribution is 5.83. The second-order valence-electron chi connectivity index (χ2n) is 8.21. The molecule has 0 radical (unpaired) electrons. The van der Waals surface area contributed by atoms with Crippen molar-refractivity contribution in [1.29, 1.82) is 0 Å². The van der Waals surface area contributed by atoms with E-state index in [0.717, 1.165) is 21.9 Å². The third-order valence-corrected chi connectivity index (χ3v) is 5.52. The van der Waals surface area contributed by atoms with Crippen LogP contribution < -0.4 is 5.32 Å². The number of hydrogen-bond donors (Lipinski definition) is 2. The molecular weight excluding hydrogens is 402 g/mol. The number of rotatable bonds is 8. The van der Waals surface area contributed by atoms with E-state index >= 15 is 0 Å². The molecule has 6 nitrogen and oxygen atoms in total. The molecule has 4 rings (SSSR count). The first-order valence-electron chi connectivity index (χ1n) is 10.9. The number of nitrogens with zero attached hydrogens (tertiary/aromatic N) is 2. The highest BCUT2D eigenvalue weighted by Gasteiger charge is 2.13. The lowest BCUT2D eigenvalue weighted by Gasteiger charge is -2.13. The maximum atomic E-state index is 12.2. The number of carbonyl (C=O) groups excluding carboxylic acids is 1. The average Bonchev–Trinajstić information content (AvgIpc) is 3.30. The third kappa shape index (κ3) is 5.21. The van der Waals surface area contributed by atoms with Gasteiger partial charge in [-0.2, -0.15) is 4.98 Å². The van der Waals surface area contributed by atoms with Gasteiger partial charge in [-0.15, -0.1) is 0 Å². The van der Waals surface area contributed by atoms with Crippen molar-refractivity contribution in [2.75, 3.05) is 6.54 Å². The third-order valence-electron chi connectivity index (χ3n) is 5.52. The molecule has 32 heavy (non-hydrogen) atoms. The molecule has 0 fully saturated rings. The lowest BCUT2D eigenvalue weighted by atomic mass is 10.0. The van der Waals surface area contributed by atoms with Crippen LogP contribution in [0, 0.1) is 0 Å². The van der Waals surface area contributed by atoms with Gasteiger partial charge in [0.25, 0.3) is 0 Å². The SMILES string of the molecule is CC(C)c1ccc(-c2noc(CCC(=O)NCC(O)c3ccc4ccccc4c3)n2)cc1. The first-order valence-corrected chi connectivity index (χ1v) is 10.9. The fourth-order valence-electron chi connectivity index (χ4n) is 3.54. The summed E-state index contributed by atoms with van der Waals surface area (Å²) in [5.41, 5.74) is 2.90. The van der Waals surface area contributed by atoms with E-state index in [2.05, 4.69) is 41.4 Å². The van der Waals surface area contributed by atoms with E-state index in [0.29, 0.717) is 24.1 Å². The Hall–Kier alpha value is -3.51.